The zero-order valence-corrected chi connectivity index (χ0v) is 13.7. The van der Waals surface area contributed by atoms with E-state index >= 15 is 0 Å². The Hall–Kier alpha value is -2.31. The normalized spacial score (nSPS) is 15.6. The van der Waals surface area contributed by atoms with Crippen molar-refractivity contribution >= 4 is 5.91 Å². The average Bonchev–Trinajstić information content (AvgIpc) is 2.65. The number of carbonyl (C=O) groups excluding carboxylic acids is 1. The fraction of sp³-hybridized carbons (Fsp3) is 0.316. The van der Waals surface area contributed by atoms with Crippen LogP contribution in [0.5, 0.6) is 0 Å². The lowest BCUT2D eigenvalue weighted by Crippen LogP contribution is -2.50. The average molecular weight is 346 g/mol. The molecule has 3 rings (SSSR count). The number of aliphatic hydroxyl groups is 1. The van der Waals surface area contributed by atoms with E-state index in [9.17, 15) is 13.6 Å². The molecule has 132 valence electrons. The van der Waals surface area contributed by atoms with Crippen LogP contribution in [0.2, 0.25) is 0 Å². The Bertz CT molecular complexity index is 666. The van der Waals surface area contributed by atoms with E-state index < -0.39 is 6.61 Å². The molecule has 1 fully saturated rings. The van der Waals surface area contributed by atoms with Gasteiger partial charge in [-0.1, -0.05) is 24.3 Å². The van der Waals surface area contributed by atoms with Gasteiger partial charge < -0.3 is 10.0 Å². The summed E-state index contributed by atoms with van der Waals surface area (Å²) in [4.78, 5) is 15.4. The Kier molecular flexibility index (Phi) is 5.40. The molecule has 1 heterocycles. The van der Waals surface area contributed by atoms with Crippen LogP contribution in [0.15, 0.2) is 48.5 Å². The van der Waals surface area contributed by atoms with Crippen LogP contribution in [-0.2, 0) is 4.79 Å². The summed E-state index contributed by atoms with van der Waals surface area (Å²) < 4.78 is 26.6. The maximum absolute atomic E-state index is 13.3. The van der Waals surface area contributed by atoms with Gasteiger partial charge in [-0.3, -0.25) is 9.69 Å². The summed E-state index contributed by atoms with van der Waals surface area (Å²) in [5.41, 5.74) is 1.82. The fourth-order valence-corrected chi connectivity index (χ4v) is 3.23. The summed E-state index contributed by atoms with van der Waals surface area (Å²) in [5, 5.41) is 8.99. The maximum atomic E-state index is 13.3. The summed E-state index contributed by atoms with van der Waals surface area (Å²) in [5.74, 6) is -0.889. The third-order valence-corrected chi connectivity index (χ3v) is 4.54. The number of benzene rings is 2. The fourth-order valence-electron chi connectivity index (χ4n) is 3.23. The zero-order valence-electron chi connectivity index (χ0n) is 13.7. The highest BCUT2D eigenvalue weighted by Gasteiger charge is 2.28. The first kappa shape index (κ1) is 17.5. The van der Waals surface area contributed by atoms with Gasteiger partial charge in [-0.25, -0.2) is 8.78 Å². The number of nitrogens with zero attached hydrogens (tertiary/aromatic N) is 2. The molecule has 1 N–H and O–H groups in total. The van der Waals surface area contributed by atoms with Gasteiger partial charge >= 0.3 is 0 Å². The predicted octanol–water partition coefficient (Wildman–Crippen LogP) is 2.19. The van der Waals surface area contributed by atoms with Crippen molar-refractivity contribution in [3.8, 4) is 0 Å². The molecule has 25 heavy (non-hydrogen) atoms. The van der Waals surface area contributed by atoms with Crippen LogP contribution in [0.3, 0.4) is 0 Å². The Labute approximate surface area is 145 Å². The summed E-state index contributed by atoms with van der Waals surface area (Å²) in [6.07, 6.45) is 0. The molecule has 0 unspecified atom stereocenters. The molecule has 0 aromatic heterocycles. The van der Waals surface area contributed by atoms with Crippen LogP contribution in [-0.4, -0.2) is 53.6 Å². The van der Waals surface area contributed by atoms with Gasteiger partial charge in [0.25, 0.3) is 0 Å². The minimum Gasteiger partial charge on any atom is -0.387 e. The van der Waals surface area contributed by atoms with Gasteiger partial charge in [-0.15, -0.1) is 0 Å². The van der Waals surface area contributed by atoms with E-state index in [-0.39, 0.29) is 23.6 Å². The Balaban J connectivity index is 1.86. The molecule has 1 saturated heterocycles. The van der Waals surface area contributed by atoms with Gasteiger partial charge in [0.05, 0.1) is 6.04 Å². The van der Waals surface area contributed by atoms with Crippen LogP contribution in [0.4, 0.5) is 8.78 Å². The molecule has 0 bridgehead atoms. The van der Waals surface area contributed by atoms with E-state index in [1.54, 1.807) is 29.2 Å². The lowest BCUT2D eigenvalue weighted by atomic mass is 9.96. The highest BCUT2D eigenvalue weighted by Crippen LogP contribution is 2.30. The summed E-state index contributed by atoms with van der Waals surface area (Å²) in [6.45, 7) is 1.77. The predicted molar refractivity (Wildman–Crippen MR) is 89.9 cm³/mol. The van der Waals surface area contributed by atoms with E-state index in [1.807, 2.05) is 0 Å². The summed E-state index contributed by atoms with van der Waals surface area (Å²) in [6, 6.07) is 12.4. The molecule has 1 aliphatic rings. The van der Waals surface area contributed by atoms with Crippen molar-refractivity contribution in [2.45, 2.75) is 6.04 Å². The van der Waals surface area contributed by atoms with E-state index in [4.69, 9.17) is 5.11 Å². The van der Waals surface area contributed by atoms with Crippen molar-refractivity contribution in [1.29, 1.82) is 0 Å². The molecule has 0 atom stereocenters. The number of halogens is 2. The minimum absolute atomic E-state index is 0.146. The van der Waals surface area contributed by atoms with Gasteiger partial charge in [-0.05, 0) is 35.4 Å². The van der Waals surface area contributed by atoms with E-state index in [2.05, 4.69) is 4.90 Å². The van der Waals surface area contributed by atoms with Gasteiger partial charge in [0, 0.05) is 26.2 Å². The van der Waals surface area contributed by atoms with E-state index in [0.717, 1.165) is 11.1 Å². The summed E-state index contributed by atoms with van der Waals surface area (Å²) >= 11 is 0. The lowest BCUT2D eigenvalue weighted by Gasteiger charge is -2.39. The third kappa shape index (κ3) is 4.03. The number of piperazine rings is 1. The first-order chi connectivity index (χ1) is 12.1. The number of carbonyl (C=O) groups is 1. The Morgan fingerprint density at radius 3 is 1.72 bits per heavy atom. The molecular formula is C19H20F2N2O2. The van der Waals surface area contributed by atoms with Crippen molar-refractivity contribution in [3.05, 3.63) is 71.3 Å². The second kappa shape index (κ2) is 7.72. The largest absolute Gasteiger partial charge is 0.387 e. The topological polar surface area (TPSA) is 43.8 Å². The highest BCUT2D eigenvalue weighted by molar-refractivity contribution is 5.77. The molecule has 0 saturated carbocycles. The molecule has 0 spiro atoms. The Morgan fingerprint density at radius 1 is 0.880 bits per heavy atom. The molecule has 0 aliphatic carbocycles. The van der Waals surface area contributed by atoms with Crippen molar-refractivity contribution in [2.24, 2.45) is 0 Å². The van der Waals surface area contributed by atoms with Crippen molar-refractivity contribution in [1.82, 2.24) is 9.80 Å². The summed E-state index contributed by atoms with van der Waals surface area (Å²) in [7, 11) is 0. The molecule has 0 radical (unpaired) electrons. The first-order valence-electron chi connectivity index (χ1n) is 8.22. The maximum Gasteiger partial charge on any atom is 0.248 e. The molecule has 1 aliphatic heterocycles. The molecule has 4 nitrogen and oxygen atoms in total. The Morgan fingerprint density at radius 2 is 1.32 bits per heavy atom. The van der Waals surface area contributed by atoms with Crippen LogP contribution in [0.25, 0.3) is 0 Å². The van der Waals surface area contributed by atoms with Crippen molar-refractivity contribution in [3.63, 3.8) is 0 Å². The molecule has 6 heteroatoms. The van der Waals surface area contributed by atoms with Crippen LogP contribution >= 0.6 is 0 Å². The van der Waals surface area contributed by atoms with E-state index in [1.165, 1.54) is 24.3 Å². The van der Waals surface area contributed by atoms with Gasteiger partial charge in [0.2, 0.25) is 5.91 Å². The van der Waals surface area contributed by atoms with Gasteiger partial charge in [-0.2, -0.15) is 0 Å². The number of rotatable bonds is 4. The SMILES string of the molecule is O=C(CO)N1CCN(C(c2ccc(F)cc2)c2ccc(F)cc2)CC1. The molecular weight excluding hydrogens is 326 g/mol. The number of hydrogen-bond acceptors (Lipinski definition) is 3. The monoisotopic (exact) mass is 346 g/mol. The number of amides is 1. The molecule has 2 aromatic carbocycles. The van der Waals surface area contributed by atoms with Crippen LogP contribution in [0, 0.1) is 11.6 Å². The van der Waals surface area contributed by atoms with Gasteiger partial charge in [0.1, 0.15) is 18.2 Å². The molecule has 1 amide bonds. The second-order valence-electron chi connectivity index (χ2n) is 6.08. The highest BCUT2D eigenvalue weighted by atomic mass is 19.1. The van der Waals surface area contributed by atoms with Crippen molar-refractivity contribution in [2.75, 3.05) is 32.8 Å². The second-order valence-corrected chi connectivity index (χ2v) is 6.08. The number of aliphatic hydroxyl groups excluding tert-OH is 1. The lowest BCUT2D eigenvalue weighted by molar-refractivity contribution is -0.136. The zero-order chi connectivity index (χ0) is 17.8. The quantitative estimate of drug-likeness (QED) is 0.923. The van der Waals surface area contributed by atoms with Crippen molar-refractivity contribution < 1.29 is 18.7 Å². The standard InChI is InChI=1S/C19H20F2N2O2/c20-16-5-1-14(2-6-16)19(15-3-7-17(21)8-4-15)23-11-9-22(10-12-23)18(25)13-24/h1-8,19,24H,9-13H2. The van der Waals surface area contributed by atoms with E-state index in [0.29, 0.717) is 26.2 Å². The van der Waals surface area contributed by atoms with Crippen LogP contribution in [0.1, 0.15) is 17.2 Å². The van der Waals surface area contributed by atoms with Crippen LogP contribution < -0.4 is 0 Å². The first-order valence-corrected chi connectivity index (χ1v) is 8.22. The third-order valence-electron chi connectivity index (χ3n) is 4.54. The number of hydrogen-bond donors (Lipinski definition) is 1. The minimum atomic E-state index is -0.487. The molecule has 2 aromatic rings. The van der Waals surface area contributed by atoms with Gasteiger partial charge in [0.15, 0.2) is 0 Å². The smallest absolute Gasteiger partial charge is 0.248 e.